The van der Waals surface area contributed by atoms with E-state index in [1.165, 1.54) is 0 Å². The van der Waals surface area contributed by atoms with Gasteiger partial charge in [-0.2, -0.15) is 5.26 Å². The van der Waals surface area contributed by atoms with Crippen LogP contribution in [-0.2, 0) is 0 Å². The topological polar surface area (TPSA) is 45.9 Å². The predicted molar refractivity (Wildman–Crippen MR) is 53.9 cm³/mol. The van der Waals surface area contributed by atoms with Gasteiger partial charge in [-0.25, -0.2) is 4.98 Å². The fourth-order valence-electron chi connectivity index (χ4n) is 0.905. The van der Waals surface area contributed by atoms with Crippen molar-refractivity contribution in [3.05, 3.63) is 36.2 Å². The first-order chi connectivity index (χ1) is 6.72. The van der Waals surface area contributed by atoms with E-state index in [1.54, 1.807) is 18.3 Å². The number of rotatable bonds is 4. The third-order valence-electron chi connectivity index (χ3n) is 1.64. The molecule has 1 heterocycles. The van der Waals surface area contributed by atoms with E-state index in [0.717, 1.165) is 12.0 Å². The van der Waals surface area contributed by atoms with E-state index in [4.69, 9.17) is 10.00 Å². The van der Waals surface area contributed by atoms with Gasteiger partial charge in [0, 0.05) is 18.7 Å². The van der Waals surface area contributed by atoms with Crippen LogP contribution in [0.1, 0.15) is 19.0 Å². The molecule has 0 saturated heterocycles. The Kier molecular flexibility index (Phi) is 3.69. The summed E-state index contributed by atoms with van der Waals surface area (Å²) in [5.41, 5.74) is 1.46. The number of hydrogen-bond donors (Lipinski definition) is 0. The molecule has 0 aliphatic heterocycles. The lowest BCUT2D eigenvalue weighted by Crippen LogP contribution is -1.98. The first-order valence-corrected chi connectivity index (χ1v) is 4.35. The van der Waals surface area contributed by atoms with Crippen molar-refractivity contribution in [1.82, 2.24) is 4.98 Å². The van der Waals surface area contributed by atoms with Crippen LogP contribution < -0.4 is 4.74 Å². The summed E-state index contributed by atoms with van der Waals surface area (Å²) in [5, 5.41) is 8.59. The molecule has 1 aromatic rings. The average molecular weight is 188 g/mol. The van der Waals surface area contributed by atoms with Gasteiger partial charge in [-0.15, -0.1) is 6.58 Å². The Morgan fingerprint density at radius 2 is 2.50 bits per heavy atom. The highest BCUT2D eigenvalue weighted by Gasteiger charge is 1.96. The molecule has 0 spiro atoms. The number of nitrogens with zero attached hydrogens (tertiary/aromatic N) is 2. The fourth-order valence-corrected chi connectivity index (χ4v) is 0.905. The second-order valence-corrected chi connectivity index (χ2v) is 3.04. The predicted octanol–water partition coefficient (Wildman–Crippen LogP) is 2.30. The van der Waals surface area contributed by atoms with Crippen LogP contribution in [0.3, 0.4) is 0 Å². The molecule has 3 heteroatoms. The molecule has 1 rings (SSSR count). The van der Waals surface area contributed by atoms with E-state index in [9.17, 15) is 0 Å². The first kappa shape index (κ1) is 10.3. The first-order valence-electron chi connectivity index (χ1n) is 4.35. The van der Waals surface area contributed by atoms with Gasteiger partial charge >= 0.3 is 0 Å². The minimum absolute atomic E-state index is 0.373. The molecule has 0 aliphatic rings. The van der Waals surface area contributed by atoms with E-state index >= 15 is 0 Å². The monoisotopic (exact) mass is 188 g/mol. The summed E-state index contributed by atoms with van der Waals surface area (Å²) in [6.45, 7) is 6.32. The fraction of sp³-hybridized carbons (Fsp3) is 0.273. The van der Waals surface area contributed by atoms with Gasteiger partial charge in [-0.1, -0.05) is 5.57 Å². The van der Waals surface area contributed by atoms with Gasteiger partial charge in [0.05, 0.1) is 6.61 Å². The summed E-state index contributed by atoms with van der Waals surface area (Å²) in [6, 6.07) is 5.32. The van der Waals surface area contributed by atoms with E-state index < -0.39 is 0 Å². The van der Waals surface area contributed by atoms with Gasteiger partial charge in [-0.05, 0) is 13.0 Å². The van der Waals surface area contributed by atoms with Crippen LogP contribution in [0.15, 0.2) is 30.5 Å². The standard InChI is InChI=1S/C11H12N2O/c1-9(2)4-6-14-11-3-5-13-10(7-11)8-12/h3,5,7H,1,4,6H2,2H3. The zero-order chi connectivity index (χ0) is 10.4. The summed E-state index contributed by atoms with van der Waals surface area (Å²) >= 11 is 0. The molecule has 3 nitrogen and oxygen atoms in total. The summed E-state index contributed by atoms with van der Waals surface area (Å²) in [4.78, 5) is 3.84. The number of ether oxygens (including phenoxy) is 1. The van der Waals surface area contributed by atoms with Crippen LogP contribution in [0, 0.1) is 11.3 Å². The van der Waals surface area contributed by atoms with Gasteiger partial charge < -0.3 is 4.74 Å². The molecule has 14 heavy (non-hydrogen) atoms. The number of pyridine rings is 1. The molecule has 0 saturated carbocycles. The molecular weight excluding hydrogens is 176 g/mol. The maximum absolute atomic E-state index is 8.59. The summed E-state index contributed by atoms with van der Waals surface area (Å²) in [7, 11) is 0. The number of hydrogen-bond acceptors (Lipinski definition) is 3. The van der Waals surface area contributed by atoms with Crippen LogP contribution in [0.25, 0.3) is 0 Å². The van der Waals surface area contributed by atoms with E-state index in [1.807, 2.05) is 13.0 Å². The maximum atomic E-state index is 8.59. The molecule has 0 N–H and O–H groups in total. The zero-order valence-electron chi connectivity index (χ0n) is 8.16. The molecule has 0 fully saturated rings. The van der Waals surface area contributed by atoms with Crippen molar-refractivity contribution in [2.75, 3.05) is 6.61 Å². The molecule has 0 radical (unpaired) electrons. The van der Waals surface area contributed by atoms with Crippen molar-refractivity contribution in [3.63, 3.8) is 0 Å². The average Bonchev–Trinajstić information content (AvgIpc) is 2.18. The van der Waals surface area contributed by atoms with Crippen LogP contribution >= 0.6 is 0 Å². The second kappa shape index (κ2) is 5.03. The largest absolute Gasteiger partial charge is 0.493 e. The van der Waals surface area contributed by atoms with Crippen LogP contribution in [-0.4, -0.2) is 11.6 Å². The Morgan fingerprint density at radius 3 is 3.14 bits per heavy atom. The van der Waals surface area contributed by atoms with Crippen molar-refractivity contribution in [3.8, 4) is 11.8 Å². The summed E-state index contributed by atoms with van der Waals surface area (Å²) in [6.07, 6.45) is 2.39. The lowest BCUT2D eigenvalue weighted by Gasteiger charge is -2.05. The van der Waals surface area contributed by atoms with Gasteiger partial charge in [0.15, 0.2) is 0 Å². The third-order valence-corrected chi connectivity index (χ3v) is 1.64. The lowest BCUT2D eigenvalue weighted by atomic mass is 10.3. The highest BCUT2D eigenvalue weighted by molar-refractivity contribution is 5.29. The molecule has 0 unspecified atom stereocenters. The Balaban J connectivity index is 2.51. The molecule has 0 aliphatic carbocycles. The molecule has 72 valence electrons. The van der Waals surface area contributed by atoms with Crippen molar-refractivity contribution >= 4 is 0 Å². The summed E-state index contributed by atoms with van der Waals surface area (Å²) in [5.74, 6) is 0.679. The van der Waals surface area contributed by atoms with Crippen LogP contribution in [0.2, 0.25) is 0 Å². The molecule has 0 bridgehead atoms. The van der Waals surface area contributed by atoms with Gasteiger partial charge in [-0.3, -0.25) is 0 Å². The van der Waals surface area contributed by atoms with Crippen molar-refractivity contribution in [1.29, 1.82) is 5.26 Å². The zero-order valence-corrected chi connectivity index (χ0v) is 8.16. The maximum Gasteiger partial charge on any atom is 0.144 e. The SMILES string of the molecule is C=C(C)CCOc1ccnc(C#N)c1. The Hall–Kier alpha value is -1.82. The highest BCUT2D eigenvalue weighted by Crippen LogP contribution is 2.11. The number of aromatic nitrogens is 1. The molecule has 0 amide bonds. The van der Waals surface area contributed by atoms with Gasteiger partial charge in [0.1, 0.15) is 17.5 Å². The van der Waals surface area contributed by atoms with Crippen LogP contribution in [0.5, 0.6) is 5.75 Å². The van der Waals surface area contributed by atoms with Crippen molar-refractivity contribution in [2.45, 2.75) is 13.3 Å². The second-order valence-electron chi connectivity index (χ2n) is 3.04. The Morgan fingerprint density at radius 1 is 1.71 bits per heavy atom. The molecule has 0 aromatic carbocycles. The van der Waals surface area contributed by atoms with Crippen molar-refractivity contribution < 1.29 is 4.74 Å². The highest BCUT2D eigenvalue weighted by atomic mass is 16.5. The quantitative estimate of drug-likeness (QED) is 0.681. The molecule has 1 aromatic heterocycles. The Bertz CT molecular complexity index is 366. The normalized spacial score (nSPS) is 9.14. The lowest BCUT2D eigenvalue weighted by molar-refractivity contribution is 0.321. The van der Waals surface area contributed by atoms with E-state index in [2.05, 4.69) is 11.6 Å². The van der Waals surface area contributed by atoms with E-state index in [0.29, 0.717) is 18.1 Å². The third kappa shape index (κ3) is 3.28. The number of nitriles is 1. The Labute approximate surface area is 83.7 Å². The minimum Gasteiger partial charge on any atom is -0.493 e. The van der Waals surface area contributed by atoms with Crippen LogP contribution in [0.4, 0.5) is 0 Å². The van der Waals surface area contributed by atoms with Gasteiger partial charge in [0.2, 0.25) is 0 Å². The molecular formula is C11H12N2O. The van der Waals surface area contributed by atoms with Crippen molar-refractivity contribution in [2.24, 2.45) is 0 Å². The smallest absolute Gasteiger partial charge is 0.144 e. The van der Waals surface area contributed by atoms with E-state index in [-0.39, 0.29) is 0 Å². The molecule has 0 atom stereocenters. The van der Waals surface area contributed by atoms with Gasteiger partial charge in [0.25, 0.3) is 0 Å². The summed E-state index contributed by atoms with van der Waals surface area (Å²) < 4.78 is 5.41. The minimum atomic E-state index is 0.373.